The number of carbonyl (C=O) groups is 1. The normalized spacial score (nSPS) is 18.5. The summed E-state index contributed by atoms with van der Waals surface area (Å²) >= 11 is 18.7. The Morgan fingerprint density at radius 2 is 1.61 bits per heavy atom. The SMILES string of the molecule is O=C(Nc1ccccc1)NC1CCN(c2ccc(Cl)cc2Cl)C(c2ccc(Cl)cc2)C1. The van der Waals surface area contributed by atoms with Gasteiger partial charge in [-0.3, -0.25) is 0 Å². The van der Waals surface area contributed by atoms with E-state index in [0.29, 0.717) is 15.1 Å². The molecule has 0 saturated carbocycles. The smallest absolute Gasteiger partial charge is 0.319 e. The van der Waals surface area contributed by atoms with Gasteiger partial charge in [-0.25, -0.2) is 4.79 Å². The number of benzene rings is 3. The van der Waals surface area contributed by atoms with Crippen molar-refractivity contribution in [2.24, 2.45) is 0 Å². The van der Waals surface area contributed by atoms with Gasteiger partial charge in [0.05, 0.1) is 16.8 Å². The van der Waals surface area contributed by atoms with Gasteiger partial charge in [0.2, 0.25) is 0 Å². The molecule has 1 aliphatic rings. The number of carbonyl (C=O) groups excluding carboxylic acids is 1. The minimum Gasteiger partial charge on any atom is -0.363 e. The van der Waals surface area contributed by atoms with Crippen LogP contribution in [0.15, 0.2) is 72.8 Å². The second-order valence-electron chi connectivity index (χ2n) is 7.54. The summed E-state index contributed by atoms with van der Waals surface area (Å²) in [6.07, 6.45) is 1.54. The fourth-order valence-electron chi connectivity index (χ4n) is 3.97. The number of nitrogens with zero attached hydrogens (tertiary/aromatic N) is 1. The zero-order valence-electron chi connectivity index (χ0n) is 16.7. The van der Waals surface area contributed by atoms with Crippen LogP contribution in [-0.2, 0) is 0 Å². The van der Waals surface area contributed by atoms with Crippen molar-refractivity contribution in [1.82, 2.24) is 5.32 Å². The van der Waals surface area contributed by atoms with Crippen molar-refractivity contribution in [2.75, 3.05) is 16.8 Å². The van der Waals surface area contributed by atoms with E-state index in [0.717, 1.165) is 36.3 Å². The monoisotopic (exact) mass is 473 g/mol. The molecular formula is C24H22Cl3N3O. The van der Waals surface area contributed by atoms with Crippen LogP contribution in [0, 0.1) is 0 Å². The molecule has 0 aliphatic carbocycles. The molecule has 31 heavy (non-hydrogen) atoms. The second kappa shape index (κ2) is 9.82. The lowest BCUT2D eigenvalue weighted by Gasteiger charge is -2.42. The first kappa shape index (κ1) is 21.8. The van der Waals surface area contributed by atoms with Crippen LogP contribution in [0.1, 0.15) is 24.4 Å². The van der Waals surface area contributed by atoms with Crippen molar-refractivity contribution in [3.63, 3.8) is 0 Å². The van der Waals surface area contributed by atoms with Crippen molar-refractivity contribution in [3.8, 4) is 0 Å². The number of anilines is 2. The predicted octanol–water partition coefficient (Wildman–Crippen LogP) is 7.18. The number of amides is 2. The third kappa shape index (κ3) is 5.45. The van der Waals surface area contributed by atoms with Gasteiger partial charge >= 0.3 is 6.03 Å². The number of hydrogen-bond acceptors (Lipinski definition) is 2. The van der Waals surface area contributed by atoms with Gasteiger partial charge in [-0.1, -0.05) is 65.1 Å². The Hall–Kier alpha value is -2.40. The maximum Gasteiger partial charge on any atom is 0.319 e. The van der Waals surface area contributed by atoms with Crippen molar-refractivity contribution < 1.29 is 4.79 Å². The zero-order valence-corrected chi connectivity index (χ0v) is 19.0. The molecule has 160 valence electrons. The highest BCUT2D eigenvalue weighted by atomic mass is 35.5. The number of piperidine rings is 1. The lowest BCUT2D eigenvalue weighted by Crippen LogP contribution is -2.47. The Kier molecular flexibility index (Phi) is 6.91. The summed E-state index contributed by atoms with van der Waals surface area (Å²) in [5.41, 5.74) is 2.81. The van der Waals surface area contributed by atoms with Crippen LogP contribution in [-0.4, -0.2) is 18.6 Å². The third-order valence-electron chi connectivity index (χ3n) is 5.44. The molecule has 2 amide bonds. The summed E-state index contributed by atoms with van der Waals surface area (Å²) in [5, 5.41) is 7.91. The lowest BCUT2D eigenvalue weighted by atomic mass is 9.91. The molecule has 0 bridgehead atoms. The van der Waals surface area contributed by atoms with Crippen molar-refractivity contribution >= 4 is 52.2 Å². The molecule has 0 spiro atoms. The fourth-order valence-corrected chi connectivity index (χ4v) is 4.62. The Bertz CT molecular complexity index is 1040. The summed E-state index contributed by atoms with van der Waals surface area (Å²) < 4.78 is 0. The van der Waals surface area contributed by atoms with Crippen LogP contribution in [0.3, 0.4) is 0 Å². The molecule has 1 saturated heterocycles. The highest BCUT2D eigenvalue weighted by molar-refractivity contribution is 6.36. The summed E-state index contributed by atoms with van der Waals surface area (Å²) in [6, 6.07) is 22.6. The second-order valence-corrected chi connectivity index (χ2v) is 8.82. The highest BCUT2D eigenvalue weighted by Crippen LogP contribution is 2.39. The molecule has 1 fully saturated rings. The average molecular weight is 475 g/mol. The van der Waals surface area contributed by atoms with Gasteiger partial charge in [-0.2, -0.15) is 0 Å². The minimum absolute atomic E-state index is 0.0201. The number of hydrogen-bond donors (Lipinski definition) is 2. The Morgan fingerprint density at radius 3 is 2.32 bits per heavy atom. The number of urea groups is 1. The van der Waals surface area contributed by atoms with E-state index in [4.69, 9.17) is 34.8 Å². The van der Waals surface area contributed by atoms with Crippen LogP contribution in [0.25, 0.3) is 0 Å². The fraction of sp³-hybridized carbons (Fsp3) is 0.208. The van der Waals surface area contributed by atoms with E-state index in [1.165, 1.54) is 0 Å². The Morgan fingerprint density at radius 1 is 0.903 bits per heavy atom. The molecule has 7 heteroatoms. The van der Waals surface area contributed by atoms with Gasteiger partial charge in [0.1, 0.15) is 0 Å². The van der Waals surface area contributed by atoms with Gasteiger partial charge in [0.15, 0.2) is 0 Å². The molecule has 3 aromatic carbocycles. The summed E-state index contributed by atoms with van der Waals surface area (Å²) in [4.78, 5) is 14.8. The molecule has 0 aromatic heterocycles. The van der Waals surface area contributed by atoms with Crippen LogP contribution in [0.2, 0.25) is 15.1 Å². The molecule has 2 N–H and O–H groups in total. The first-order valence-electron chi connectivity index (χ1n) is 10.1. The van der Waals surface area contributed by atoms with Gasteiger partial charge in [-0.15, -0.1) is 0 Å². The van der Waals surface area contributed by atoms with E-state index in [-0.39, 0.29) is 18.1 Å². The predicted molar refractivity (Wildman–Crippen MR) is 130 cm³/mol. The summed E-state index contributed by atoms with van der Waals surface area (Å²) in [6.45, 7) is 0.741. The van der Waals surface area contributed by atoms with Crippen LogP contribution in [0.5, 0.6) is 0 Å². The zero-order chi connectivity index (χ0) is 21.8. The lowest BCUT2D eigenvalue weighted by molar-refractivity contribution is 0.243. The number of para-hydroxylation sites is 1. The number of halogens is 3. The van der Waals surface area contributed by atoms with Crippen LogP contribution < -0.4 is 15.5 Å². The van der Waals surface area contributed by atoms with Crippen molar-refractivity contribution in [1.29, 1.82) is 0 Å². The molecule has 1 heterocycles. The van der Waals surface area contributed by atoms with Gasteiger partial charge in [0, 0.05) is 28.3 Å². The van der Waals surface area contributed by atoms with E-state index in [1.807, 2.05) is 66.7 Å². The molecule has 3 aromatic rings. The van der Waals surface area contributed by atoms with E-state index in [2.05, 4.69) is 15.5 Å². The largest absolute Gasteiger partial charge is 0.363 e. The summed E-state index contributed by atoms with van der Waals surface area (Å²) in [5.74, 6) is 0. The quantitative estimate of drug-likeness (QED) is 0.420. The van der Waals surface area contributed by atoms with E-state index >= 15 is 0 Å². The molecule has 2 unspecified atom stereocenters. The summed E-state index contributed by atoms with van der Waals surface area (Å²) in [7, 11) is 0. The van der Waals surface area contributed by atoms with Crippen LogP contribution in [0.4, 0.5) is 16.2 Å². The maximum atomic E-state index is 12.5. The molecule has 0 radical (unpaired) electrons. The Labute approximate surface area is 197 Å². The first-order valence-corrected chi connectivity index (χ1v) is 11.2. The molecule has 4 rings (SSSR count). The molecular weight excluding hydrogens is 453 g/mol. The number of rotatable bonds is 4. The first-order chi connectivity index (χ1) is 15.0. The Balaban J connectivity index is 1.54. The minimum atomic E-state index is -0.205. The van der Waals surface area contributed by atoms with Crippen molar-refractivity contribution in [2.45, 2.75) is 24.9 Å². The standard InChI is InChI=1S/C24H22Cl3N3O/c25-17-8-6-16(7-9-17)23-15-20(29-24(31)28-19-4-2-1-3-5-19)12-13-30(23)22-11-10-18(26)14-21(22)27/h1-11,14,20,23H,12-13,15H2,(H2,28,29,31). The molecule has 1 aliphatic heterocycles. The van der Waals surface area contributed by atoms with Crippen LogP contribution >= 0.6 is 34.8 Å². The van der Waals surface area contributed by atoms with Gasteiger partial charge in [-0.05, 0) is 60.9 Å². The van der Waals surface area contributed by atoms with Crippen molar-refractivity contribution in [3.05, 3.63) is 93.4 Å². The molecule has 2 atom stereocenters. The topological polar surface area (TPSA) is 44.4 Å². The number of nitrogens with one attached hydrogen (secondary N) is 2. The van der Waals surface area contributed by atoms with Gasteiger partial charge < -0.3 is 15.5 Å². The van der Waals surface area contributed by atoms with E-state index < -0.39 is 0 Å². The van der Waals surface area contributed by atoms with Gasteiger partial charge in [0.25, 0.3) is 0 Å². The third-order valence-corrected chi connectivity index (χ3v) is 6.23. The highest BCUT2D eigenvalue weighted by Gasteiger charge is 2.31. The van der Waals surface area contributed by atoms with E-state index in [9.17, 15) is 4.79 Å². The molecule has 4 nitrogen and oxygen atoms in total. The van der Waals surface area contributed by atoms with E-state index in [1.54, 1.807) is 6.07 Å². The maximum absolute atomic E-state index is 12.5. The average Bonchev–Trinajstić information content (AvgIpc) is 2.75.